The number of thiophene rings is 2. The number of nitrogens with two attached hydrogens (primary N) is 1. The van der Waals surface area contributed by atoms with Crippen molar-refractivity contribution < 1.29 is 8.42 Å². The van der Waals surface area contributed by atoms with Crippen LogP contribution in [0.1, 0.15) is 0 Å². The summed E-state index contributed by atoms with van der Waals surface area (Å²) < 4.78 is 23.0. The second-order valence-electron chi connectivity index (χ2n) is 2.40. The van der Waals surface area contributed by atoms with E-state index >= 15 is 0 Å². The number of hydrogen-bond acceptors (Lipinski definition) is 4. The third-order valence-corrected chi connectivity index (χ3v) is 5.60. The van der Waals surface area contributed by atoms with E-state index in [0.717, 1.165) is 20.7 Å². The molecule has 0 unspecified atom stereocenters. The zero-order valence-electron chi connectivity index (χ0n) is 6.15. The standard InChI is InChI=1S/C6H4ClNO2S3/c7-4-2-11-6-3(4)1-5(12-6)13(8,9)10/h1-2H,(H2,8,9,10). The third-order valence-electron chi connectivity index (χ3n) is 1.48. The minimum absolute atomic E-state index is 0.163. The van der Waals surface area contributed by atoms with Gasteiger partial charge in [0.2, 0.25) is 10.0 Å². The van der Waals surface area contributed by atoms with Gasteiger partial charge in [-0.15, -0.1) is 22.7 Å². The largest absolute Gasteiger partial charge is 0.247 e. The lowest BCUT2D eigenvalue weighted by Gasteiger charge is -1.87. The van der Waals surface area contributed by atoms with Crippen molar-refractivity contribution >= 4 is 53.7 Å². The quantitative estimate of drug-likeness (QED) is 0.848. The van der Waals surface area contributed by atoms with E-state index in [1.165, 1.54) is 17.4 Å². The summed E-state index contributed by atoms with van der Waals surface area (Å²) in [6.45, 7) is 0. The molecule has 2 aromatic rings. The molecule has 0 aromatic carbocycles. The van der Waals surface area contributed by atoms with Crippen LogP contribution in [0.5, 0.6) is 0 Å². The number of halogens is 1. The summed E-state index contributed by atoms with van der Waals surface area (Å²) >= 11 is 8.38. The topological polar surface area (TPSA) is 60.2 Å². The van der Waals surface area contributed by atoms with E-state index in [1.807, 2.05) is 0 Å². The predicted octanol–water partition coefficient (Wildman–Crippen LogP) is 2.26. The monoisotopic (exact) mass is 253 g/mol. The van der Waals surface area contributed by atoms with Crippen LogP contribution >= 0.6 is 34.3 Å². The maximum Gasteiger partial charge on any atom is 0.247 e. The molecule has 70 valence electrons. The molecular weight excluding hydrogens is 250 g/mol. The molecule has 0 aliphatic rings. The predicted molar refractivity (Wildman–Crippen MR) is 56.1 cm³/mol. The fourth-order valence-corrected chi connectivity index (χ4v) is 4.34. The molecule has 7 heteroatoms. The minimum atomic E-state index is -3.58. The molecule has 3 nitrogen and oxygen atoms in total. The Kier molecular flexibility index (Phi) is 2.12. The van der Waals surface area contributed by atoms with Crippen molar-refractivity contribution in [1.82, 2.24) is 0 Å². The molecule has 0 saturated carbocycles. The first-order chi connectivity index (χ1) is 5.98. The lowest BCUT2D eigenvalue weighted by atomic mass is 10.4. The Morgan fingerprint density at radius 3 is 2.69 bits per heavy atom. The van der Waals surface area contributed by atoms with Gasteiger partial charge in [-0.05, 0) is 6.07 Å². The van der Waals surface area contributed by atoms with Crippen LogP contribution in [-0.4, -0.2) is 8.42 Å². The molecule has 0 radical (unpaired) electrons. The van der Waals surface area contributed by atoms with Crippen LogP contribution < -0.4 is 5.14 Å². The first-order valence-electron chi connectivity index (χ1n) is 3.18. The highest BCUT2D eigenvalue weighted by Gasteiger charge is 2.14. The van der Waals surface area contributed by atoms with Crippen LogP contribution in [0, 0.1) is 0 Å². The molecule has 0 saturated heterocycles. The first kappa shape index (κ1) is 9.42. The number of primary sulfonamides is 1. The lowest BCUT2D eigenvalue weighted by Crippen LogP contribution is -2.09. The summed E-state index contributed by atoms with van der Waals surface area (Å²) in [7, 11) is -3.58. The van der Waals surface area contributed by atoms with Crippen LogP contribution in [0.3, 0.4) is 0 Å². The van der Waals surface area contributed by atoms with Crippen molar-refractivity contribution in [3.8, 4) is 0 Å². The smallest absolute Gasteiger partial charge is 0.224 e. The van der Waals surface area contributed by atoms with Crippen molar-refractivity contribution in [2.45, 2.75) is 4.21 Å². The molecule has 2 aromatic heterocycles. The highest BCUT2D eigenvalue weighted by molar-refractivity contribution is 7.91. The zero-order valence-corrected chi connectivity index (χ0v) is 9.36. The normalized spacial score (nSPS) is 12.5. The number of rotatable bonds is 1. The van der Waals surface area contributed by atoms with E-state index in [9.17, 15) is 8.42 Å². The molecule has 0 aliphatic heterocycles. The van der Waals surface area contributed by atoms with Gasteiger partial charge >= 0.3 is 0 Å². The zero-order chi connectivity index (χ0) is 9.64. The average Bonchev–Trinajstić information content (AvgIpc) is 2.51. The second kappa shape index (κ2) is 2.93. The third kappa shape index (κ3) is 1.60. The van der Waals surface area contributed by atoms with Gasteiger partial charge in [-0.3, -0.25) is 0 Å². The Balaban J connectivity index is 2.77. The summed E-state index contributed by atoms with van der Waals surface area (Å²) in [6, 6.07) is 1.51. The SMILES string of the molecule is NS(=O)(=O)c1cc2c(Cl)csc2s1. The molecule has 0 fully saturated rings. The van der Waals surface area contributed by atoms with Crippen molar-refractivity contribution in [3.63, 3.8) is 0 Å². The van der Waals surface area contributed by atoms with Gasteiger partial charge in [0.1, 0.15) is 4.21 Å². The number of fused-ring (bicyclic) bond motifs is 1. The molecule has 2 heterocycles. The highest BCUT2D eigenvalue weighted by atomic mass is 35.5. The second-order valence-corrected chi connectivity index (χ2v) is 6.78. The minimum Gasteiger partial charge on any atom is -0.224 e. The van der Waals surface area contributed by atoms with Crippen LogP contribution in [0.2, 0.25) is 5.02 Å². The maximum atomic E-state index is 11.0. The molecular formula is C6H4ClNO2S3. The Bertz CT molecular complexity index is 553. The summed E-state index contributed by atoms with van der Waals surface area (Å²) in [4.78, 5) is 0. The molecule has 0 bridgehead atoms. The maximum absolute atomic E-state index is 11.0. The Labute approximate surface area is 87.8 Å². The van der Waals surface area contributed by atoms with E-state index < -0.39 is 10.0 Å². The van der Waals surface area contributed by atoms with Crippen molar-refractivity contribution in [1.29, 1.82) is 0 Å². The molecule has 0 spiro atoms. The highest BCUT2D eigenvalue weighted by Crippen LogP contribution is 2.37. The summed E-state index contributed by atoms with van der Waals surface area (Å²) in [6.07, 6.45) is 0. The first-order valence-corrected chi connectivity index (χ1v) is 6.80. The number of sulfonamides is 1. The van der Waals surface area contributed by atoms with Gasteiger partial charge in [-0.25, -0.2) is 13.6 Å². The van der Waals surface area contributed by atoms with Crippen molar-refractivity contribution in [2.75, 3.05) is 0 Å². The number of hydrogen-bond donors (Lipinski definition) is 1. The molecule has 2 N–H and O–H groups in total. The van der Waals surface area contributed by atoms with E-state index in [0.29, 0.717) is 5.02 Å². The van der Waals surface area contributed by atoms with Crippen LogP contribution in [-0.2, 0) is 10.0 Å². The Morgan fingerprint density at radius 1 is 1.46 bits per heavy atom. The summed E-state index contributed by atoms with van der Waals surface area (Å²) in [5.74, 6) is 0. The summed E-state index contributed by atoms with van der Waals surface area (Å²) in [5.41, 5.74) is 0. The van der Waals surface area contributed by atoms with Gasteiger partial charge in [0.25, 0.3) is 0 Å². The average molecular weight is 254 g/mol. The van der Waals surface area contributed by atoms with Crippen LogP contribution in [0.4, 0.5) is 0 Å². The van der Waals surface area contributed by atoms with Crippen molar-refractivity contribution in [2.24, 2.45) is 5.14 Å². The van der Waals surface area contributed by atoms with Crippen molar-refractivity contribution in [3.05, 3.63) is 16.5 Å². The lowest BCUT2D eigenvalue weighted by molar-refractivity contribution is 0.600. The van der Waals surface area contributed by atoms with E-state index in [2.05, 4.69) is 0 Å². The van der Waals surface area contributed by atoms with Gasteiger partial charge in [0.05, 0.1) is 9.04 Å². The summed E-state index contributed by atoms with van der Waals surface area (Å²) in [5, 5.41) is 8.09. The van der Waals surface area contributed by atoms with Crippen LogP contribution in [0.15, 0.2) is 15.7 Å². The Morgan fingerprint density at radius 2 is 2.15 bits per heavy atom. The van der Waals surface area contributed by atoms with Crippen LogP contribution in [0.25, 0.3) is 9.40 Å². The van der Waals surface area contributed by atoms with Gasteiger partial charge < -0.3 is 0 Å². The van der Waals surface area contributed by atoms with E-state index in [4.69, 9.17) is 16.7 Å². The van der Waals surface area contributed by atoms with Gasteiger partial charge in [-0.1, -0.05) is 11.6 Å². The fourth-order valence-electron chi connectivity index (χ4n) is 0.916. The molecule has 0 amide bonds. The van der Waals surface area contributed by atoms with Gasteiger partial charge in [0, 0.05) is 10.8 Å². The molecule has 0 aliphatic carbocycles. The Hall–Kier alpha value is -0.140. The van der Waals surface area contributed by atoms with E-state index in [1.54, 1.807) is 5.38 Å². The van der Waals surface area contributed by atoms with Gasteiger partial charge in [-0.2, -0.15) is 0 Å². The molecule has 2 rings (SSSR count). The molecule has 13 heavy (non-hydrogen) atoms. The van der Waals surface area contributed by atoms with E-state index in [-0.39, 0.29) is 4.21 Å². The van der Waals surface area contributed by atoms with Gasteiger partial charge in [0.15, 0.2) is 0 Å². The fraction of sp³-hybridized carbons (Fsp3) is 0. The molecule has 0 atom stereocenters.